The maximum Gasteiger partial charge on any atom is 0.262 e. The van der Waals surface area contributed by atoms with E-state index in [0.29, 0.717) is 68.8 Å². The van der Waals surface area contributed by atoms with Crippen LogP contribution in [-0.2, 0) is 12.3 Å². The maximum absolute atomic E-state index is 13.2. The number of para-hydroxylation sites is 1. The van der Waals surface area contributed by atoms with Crippen LogP contribution in [0.2, 0.25) is 0 Å². The first-order valence-electron chi connectivity index (χ1n) is 11.2. The molecule has 35 heavy (non-hydrogen) atoms. The van der Waals surface area contributed by atoms with Gasteiger partial charge in [0.05, 0.1) is 38.0 Å². The zero-order valence-electron chi connectivity index (χ0n) is 20.4. The summed E-state index contributed by atoms with van der Waals surface area (Å²) in [5, 5.41) is 5.35. The molecule has 2 heterocycles. The van der Waals surface area contributed by atoms with E-state index in [2.05, 4.69) is 24.0 Å². The summed E-state index contributed by atoms with van der Waals surface area (Å²) in [5.41, 5.74) is 1.30. The van der Waals surface area contributed by atoms with E-state index in [0.717, 1.165) is 6.42 Å². The zero-order chi connectivity index (χ0) is 24.9. The molecular weight excluding hydrogens is 468 g/mol. The van der Waals surface area contributed by atoms with Crippen molar-refractivity contribution in [3.63, 3.8) is 0 Å². The summed E-state index contributed by atoms with van der Waals surface area (Å²) in [7, 11) is 4.65. The molecule has 0 N–H and O–H groups in total. The molecule has 0 aliphatic heterocycles. The van der Waals surface area contributed by atoms with E-state index in [4.69, 9.17) is 23.7 Å². The molecule has 0 aliphatic carbocycles. The summed E-state index contributed by atoms with van der Waals surface area (Å²) in [5.74, 6) is 3.11. The van der Waals surface area contributed by atoms with Gasteiger partial charge in [-0.3, -0.25) is 9.36 Å². The van der Waals surface area contributed by atoms with E-state index in [9.17, 15) is 4.79 Å². The standard InChI is InChI=1S/C25H28N4O5S/c1-15(2)10-11-29-24(30)17-8-6-7-9-18(17)26-25(29)35-14-21-27-23(28-34-21)16-12-19(31-3)22(33-5)20(13-16)32-4/h6-9,12-13,15H,10-11,14H2,1-5H3. The normalized spacial score (nSPS) is 11.3. The highest BCUT2D eigenvalue weighted by atomic mass is 32.2. The van der Waals surface area contributed by atoms with Crippen LogP contribution in [0.1, 0.15) is 26.2 Å². The Kier molecular flexibility index (Phi) is 7.60. The third-order valence-corrected chi connectivity index (χ3v) is 6.43. The van der Waals surface area contributed by atoms with Gasteiger partial charge in [0.2, 0.25) is 17.5 Å². The zero-order valence-corrected chi connectivity index (χ0v) is 21.2. The lowest BCUT2D eigenvalue weighted by Gasteiger charge is -2.13. The third kappa shape index (κ3) is 5.27. The van der Waals surface area contributed by atoms with E-state index >= 15 is 0 Å². The quantitative estimate of drug-likeness (QED) is 0.226. The number of hydrogen-bond acceptors (Lipinski definition) is 9. The van der Waals surface area contributed by atoms with E-state index < -0.39 is 0 Å². The van der Waals surface area contributed by atoms with Crippen LogP contribution in [0.5, 0.6) is 17.2 Å². The fourth-order valence-corrected chi connectivity index (χ4v) is 4.47. The number of fused-ring (bicyclic) bond motifs is 1. The number of aromatic nitrogens is 4. The van der Waals surface area contributed by atoms with Crippen LogP contribution in [0.25, 0.3) is 22.3 Å². The Hall–Kier alpha value is -3.53. The molecule has 0 spiro atoms. The first kappa shape index (κ1) is 24.6. The van der Waals surface area contributed by atoms with Gasteiger partial charge in [-0.1, -0.05) is 42.9 Å². The monoisotopic (exact) mass is 496 g/mol. The van der Waals surface area contributed by atoms with Crippen LogP contribution in [0.15, 0.2) is 50.9 Å². The van der Waals surface area contributed by atoms with Crippen LogP contribution in [0.3, 0.4) is 0 Å². The molecule has 0 unspecified atom stereocenters. The molecule has 4 rings (SSSR count). The van der Waals surface area contributed by atoms with Crippen molar-refractivity contribution < 1.29 is 18.7 Å². The lowest BCUT2D eigenvalue weighted by Crippen LogP contribution is -2.24. The van der Waals surface area contributed by atoms with E-state index in [-0.39, 0.29) is 5.56 Å². The van der Waals surface area contributed by atoms with Crippen molar-refractivity contribution in [2.24, 2.45) is 5.92 Å². The van der Waals surface area contributed by atoms with Gasteiger partial charge in [-0.25, -0.2) is 4.98 Å². The second-order valence-corrected chi connectivity index (χ2v) is 9.21. The number of thioether (sulfide) groups is 1. The van der Waals surface area contributed by atoms with Crippen LogP contribution >= 0.6 is 11.8 Å². The molecule has 4 aromatic rings. The van der Waals surface area contributed by atoms with Gasteiger partial charge < -0.3 is 18.7 Å². The smallest absolute Gasteiger partial charge is 0.262 e. The fourth-order valence-electron chi connectivity index (χ4n) is 3.61. The highest BCUT2D eigenvalue weighted by Crippen LogP contribution is 2.40. The summed E-state index contributed by atoms with van der Waals surface area (Å²) >= 11 is 1.40. The number of rotatable bonds is 10. The molecule has 0 amide bonds. The SMILES string of the molecule is COc1cc(-c2noc(CSc3nc4ccccc4c(=O)n3CCC(C)C)n2)cc(OC)c1OC. The van der Waals surface area contributed by atoms with E-state index in [1.165, 1.54) is 11.8 Å². The second kappa shape index (κ2) is 10.8. The highest BCUT2D eigenvalue weighted by molar-refractivity contribution is 7.98. The van der Waals surface area contributed by atoms with Crippen molar-refractivity contribution in [3.8, 4) is 28.6 Å². The van der Waals surface area contributed by atoms with Gasteiger partial charge in [0.15, 0.2) is 16.7 Å². The van der Waals surface area contributed by atoms with E-state index in [1.54, 1.807) is 38.0 Å². The summed E-state index contributed by atoms with van der Waals surface area (Å²) in [6, 6.07) is 10.9. The first-order valence-corrected chi connectivity index (χ1v) is 12.2. The summed E-state index contributed by atoms with van der Waals surface area (Å²) in [6.45, 7) is 4.86. The van der Waals surface area contributed by atoms with Gasteiger partial charge in [-0.2, -0.15) is 4.98 Å². The number of hydrogen-bond donors (Lipinski definition) is 0. The summed E-state index contributed by atoms with van der Waals surface area (Å²) < 4.78 is 23.4. The molecule has 0 bridgehead atoms. The molecule has 9 nitrogen and oxygen atoms in total. The Labute approximate surface area is 207 Å². The Morgan fingerprint density at radius 1 is 1.03 bits per heavy atom. The molecule has 0 saturated carbocycles. The number of nitrogens with zero attached hydrogens (tertiary/aromatic N) is 4. The predicted octanol–water partition coefficient (Wildman–Crippen LogP) is 4.81. The van der Waals surface area contributed by atoms with Gasteiger partial charge in [0.25, 0.3) is 5.56 Å². The molecule has 0 atom stereocenters. The van der Waals surface area contributed by atoms with Gasteiger partial charge in [-0.15, -0.1) is 0 Å². The molecule has 0 fully saturated rings. The van der Waals surface area contributed by atoms with Crippen molar-refractivity contribution in [1.29, 1.82) is 0 Å². The van der Waals surface area contributed by atoms with Gasteiger partial charge in [-0.05, 0) is 36.6 Å². The number of ether oxygens (including phenoxy) is 3. The second-order valence-electron chi connectivity index (χ2n) is 8.27. The van der Waals surface area contributed by atoms with Crippen molar-refractivity contribution >= 4 is 22.7 Å². The van der Waals surface area contributed by atoms with Crippen LogP contribution in [0.4, 0.5) is 0 Å². The van der Waals surface area contributed by atoms with Crippen molar-refractivity contribution in [1.82, 2.24) is 19.7 Å². The molecule has 184 valence electrons. The molecule has 0 saturated heterocycles. The maximum atomic E-state index is 13.2. The summed E-state index contributed by atoms with van der Waals surface area (Å²) in [6.07, 6.45) is 0.874. The van der Waals surface area contributed by atoms with Crippen LogP contribution < -0.4 is 19.8 Å². The van der Waals surface area contributed by atoms with Crippen LogP contribution in [0, 0.1) is 5.92 Å². The average Bonchev–Trinajstić information content (AvgIpc) is 3.35. The molecule has 2 aromatic carbocycles. The minimum absolute atomic E-state index is 0.0395. The highest BCUT2D eigenvalue weighted by Gasteiger charge is 2.18. The lowest BCUT2D eigenvalue weighted by molar-refractivity contribution is 0.324. The minimum Gasteiger partial charge on any atom is -0.493 e. The van der Waals surface area contributed by atoms with Crippen molar-refractivity contribution in [2.45, 2.75) is 37.7 Å². The van der Waals surface area contributed by atoms with E-state index in [1.807, 2.05) is 24.3 Å². The molecule has 0 aliphatic rings. The first-order chi connectivity index (χ1) is 16.9. The fraction of sp³-hybridized carbons (Fsp3) is 0.360. The topological polar surface area (TPSA) is 102 Å². The number of methoxy groups -OCH3 is 3. The molecule has 0 radical (unpaired) electrons. The predicted molar refractivity (Wildman–Crippen MR) is 134 cm³/mol. The van der Waals surface area contributed by atoms with Gasteiger partial charge in [0.1, 0.15) is 0 Å². The van der Waals surface area contributed by atoms with Gasteiger partial charge in [0, 0.05) is 12.1 Å². The Balaban J connectivity index is 1.61. The summed E-state index contributed by atoms with van der Waals surface area (Å²) in [4.78, 5) is 22.4. The third-order valence-electron chi connectivity index (χ3n) is 5.47. The molecule has 10 heteroatoms. The van der Waals surface area contributed by atoms with Crippen molar-refractivity contribution in [2.75, 3.05) is 21.3 Å². The molecule has 2 aromatic heterocycles. The van der Waals surface area contributed by atoms with Crippen LogP contribution in [-0.4, -0.2) is 41.0 Å². The average molecular weight is 497 g/mol. The molecular formula is C25H28N4O5S. The lowest BCUT2D eigenvalue weighted by atomic mass is 10.1. The number of benzene rings is 2. The Morgan fingerprint density at radius 3 is 2.40 bits per heavy atom. The Morgan fingerprint density at radius 2 is 1.74 bits per heavy atom. The minimum atomic E-state index is -0.0395. The van der Waals surface area contributed by atoms with Crippen molar-refractivity contribution in [3.05, 3.63) is 52.6 Å². The largest absolute Gasteiger partial charge is 0.493 e. The Bertz CT molecular complexity index is 1360. The van der Waals surface area contributed by atoms with Gasteiger partial charge >= 0.3 is 0 Å².